The van der Waals surface area contributed by atoms with Gasteiger partial charge < -0.3 is 14.6 Å². The van der Waals surface area contributed by atoms with Crippen molar-refractivity contribution in [1.82, 2.24) is 14.9 Å². The second kappa shape index (κ2) is 8.22. The van der Waals surface area contributed by atoms with E-state index in [4.69, 9.17) is 9.26 Å². The van der Waals surface area contributed by atoms with Crippen LogP contribution in [0.15, 0.2) is 83.7 Å². The van der Waals surface area contributed by atoms with Gasteiger partial charge in [0, 0.05) is 12.3 Å². The highest BCUT2D eigenvalue weighted by Crippen LogP contribution is 2.20. The number of nitrogens with zero attached hydrogens (tertiary/aromatic N) is 3. The molecule has 1 N–H and O–H groups in total. The number of amides is 1. The lowest BCUT2D eigenvalue weighted by Gasteiger charge is -2.05. The maximum Gasteiger partial charge on any atom is 0.264 e. The zero-order valence-corrected chi connectivity index (χ0v) is 15.0. The van der Waals surface area contributed by atoms with Crippen LogP contribution in [0.1, 0.15) is 21.5 Å². The highest BCUT2D eigenvalue weighted by Gasteiger charge is 2.19. The summed E-state index contributed by atoms with van der Waals surface area (Å²) in [6, 6.07) is 21.2. The Kier molecular flexibility index (Phi) is 5.15. The Bertz CT molecular complexity index is 1030. The van der Waals surface area contributed by atoms with E-state index in [0.29, 0.717) is 24.5 Å². The molecule has 0 fully saturated rings. The molecular formula is C21H18N4O3. The van der Waals surface area contributed by atoms with Gasteiger partial charge in [0.2, 0.25) is 5.88 Å². The maximum absolute atomic E-state index is 12.7. The maximum atomic E-state index is 12.7. The van der Waals surface area contributed by atoms with Crippen molar-refractivity contribution in [3.8, 4) is 5.88 Å². The van der Waals surface area contributed by atoms with Crippen LogP contribution in [0.5, 0.6) is 5.88 Å². The van der Waals surface area contributed by atoms with Gasteiger partial charge in [-0.25, -0.2) is 0 Å². The van der Waals surface area contributed by atoms with E-state index in [-0.39, 0.29) is 11.8 Å². The number of carbonyl (C=O) groups excluding carboxylic acids is 1. The van der Waals surface area contributed by atoms with Gasteiger partial charge >= 0.3 is 0 Å². The Morgan fingerprint density at radius 3 is 2.39 bits per heavy atom. The molecule has 7 heteroatoms. The molecule has 4 rings (SSSR count). The summed E-state index contributed by atoms with van der Waals surface area (Å²) in [5, 5.41) is 10.8. The predicted octanol–water partition coefficient (Wildman–Crippen LogP) is 3.75. The Balaban J connectivity index is 1.56. The third-order valence-corrected chi connectivity index (χ3v) is 4.06. The Morgan fingerprint density at radius 2 is 1.71 bits per heavy atom. The highest BCUT2D eigenvalue weighted by molar-refractivity contribution is 6.05. The van der Waals surface area contributed by atoms with Gasteiger partial charge in [0.1, 0.15) is 18.4 Å². The molecule has 0 radical (unpaired) electrons. The number of hydrogen-bond donors (Lipinski definition) is 1. The van der Waals surface area contributed by atoms with Gasteiger partial charge in [-0.1, -0.05) is 65.8 Å². The number of ether oxygens (including phenoxy) is 1. The molecule has 0 saturated heterocycles. The second-order valence-electron chi connectivity index (χ2n) is 6.14. The summed E-state index contributed by atoms with van der Waals surface area (Å²) in [4.78, 5) is 12.7. The molecule has 0 unspecified atom stereocenters. The molecule has 1 amide bonds. The average Bonchev–Trinajstić information content (AvgIpc) is 3.38. The van der Waals surface area contributed by atoms with Crippen molar-refractivity contribution in [1.29, 1.82) is 0 Å². The highest BCUT2D eigenvalue weighted by atomic mass is 16.5. The molecule has 0 saturated carbocycles. The molecule has 28 heavy (non-hydrogen) atoms. The molecule has 0 aliphatic rings. The van der Waals surface area contributed by atoms with Crippen molar-refractivity contribution < 1.29 is 14.1 Å². The van der Waals surface area contributed by atoms with Crippen molar-refractivity contribution in [2.45, 2.75) is 13.2 Å². The zero-order valence-electron chi connectivity index (χ0n) is 15.0. The first-order chi connectivity index (χ1) is 13.8. The minimum Gasteiger partial charge on any atom is -0.471 e. The van der Waals surface area contributed by atoms with E-state index in [1.165, 1.54) is 6.26 Å². The fourth-order valence-electron chi connectivity index (χ4n) is 2.70. The van der Waals surface area contributed by atoms with E-state index in [9.17, 15) is 4.79 Å². The lowest BCUT2D eigenvalue weighted by Crippen LogP contribution is -2.13. The second-order valence-corrected chi connectivity index (χ2v) is 6.14. The third-order valence-electron chi connectivity index (χ3n) is 4.06. The topological polar surface area (TPSA) is 82.2 Å². The number of aromatic nitrogens is 3. The molecule has 7 nitrogen and oxygen atoms in total. The quantitative estimate of drug-likeness (QED) is 0.533. The normalized spacial score (nSPS) is 10.6. The van der Waals surface area contributed by atoms with Gasteiger partial charge in [-0.3, -0.25) is 9.48 Å². The molecule has 2 heterocycles. The molecule has 0 aliphatic carbocycles. The summed E-state index contributed by atoms with van der Waals surface area (Å²) in [6.07, 6.45) is 3.06. The van der Waals surface area contributed by atoms with Crippen molar-refractivity contribution in [2.75, 3.05) is 5.32 Å². The molecule has 2 aromatic heterocycles. The number of carbonyl (C=O) groups is 1. The van der Waals surface area contributed by atoms with Crippen molar-refractivity contribution in [3.63, 3.8) is 0 Å². The van der Waals surface area contributed by atoms with Crippen LogP contribution in [0.2, 0.25) is 0 Å². The average molecular weight is 374 g/mol. The van der Waals surface area contributed by atoms with Gasteiger partial charge in [-0.2, -0.15) is 0 Å². The van der Waals surface area contributed by atoms with Crippen molar-refractivity contribution >= 4 is 11.7 Å². The van der Waals surface area contributed by atoms with Gasteiger partial charge in [-0.15, -0.1) is 5.10 Å². The Labute approximate surface area is 161 Å². The number of benzene rings is 2. The van der Waals surface area contributed by atoms with Crippen LogP contribution in [0, 0.1) is 0 Å². The number of rotatable bonds is 7. The molecule has 140 valence electrons. The SMILES string of the molecule is O=C(Nc1ccon1)c1cn(Cc2ccccc2)nc1OCc1ccccc1. The fraction of sp³-hybridized carbons (Fsp3) is 0.0952. The number of nitrogens with one attached hydrogen (secondary N) is 1. The lowest BCUT2D eigenvalue weighted by atomic mass is 10.2. The monoisotopic (exact) mass is 374 g/mol. The first-order valence-electron chi connectivity index (χ1n) is 8.78. The molecule has 0 atom stereocenters. The Morgan fingerprint density at radius 1 is 1.00 bits per heavy atom. The van der Waals surface area contributed by atoms with Gasteiger partial charge in [0.05, 0.1) is 6.54 Å². The van der Waals surface area contributed by atoms with Crippen LogP contribution in [0.4, 0.5) is 5.82 Å². The van der Waals surface area contributed by atoms with Crippen molar-refractivity contribution in [2.24, 2.45) is 0 Å². The van der Waals surface area contributed by atoms with Crippen LogP contribution < -0.4 is 10.1 Å². The number of anilines is 1. The van der Waals surface area contributed by atoms with Gasteiger partial charge in [0.25, 0.3) is 5.91 Å². The van der Waals surface area contributed by atoms with E-state index in [0.717, 1.165) is 11.1 Å². The fourth-order valence-corrected chi connectivity index (χ4v) is 2.70. The van der Waals surface area contributed by atoms with E-state index >= 15 is 0 Å². The van der Waals surface area contributed by atoms with E-state index < -0.39 is 0 Å². The summed E-state index contributed by atoms with van der Waals surface area (Å²) in [6.45, 7) is 0.840. The molecule has 0 aliphatic heterocycles. The van der Waals surface area contributed by atoms with Crippen LogP contribution in [0.25, 0.3) is 0 Å². The van der Waals surface area contributed by atoms with Crippen LogP contribution in [-0.4, -0.2) is 20.8 Å². The molecule has 0 bridgehead atoms. The predicted molar refractivity (Wildman–Crippen MR) is 103 cm³/mol. The van der Waals surface area contributed by atoms with E-state index in [1.807, 2.05) is 60.7 Å². The minimum atomic E-state index is -0.365. The summed E-state index contributed by atoms with van der Waals surface area (Å²) in [5.41, 5.74) is 2.39. The van der Waals surface area contributed by atoms with Gasteiger partial charge in [0.15, 0.2) is 5.82 Å². The van der Waals surface area contributed by atoms with Crippen LogP contribution >= 0.6 is 0 Å². The van der Waals surface area contributed by atoms with E-state index in [1.54, 1.807) is 16.9 Å². The molecule has 0 spiro atoms. The lowest BCUT2D eigenvalue weighted by molar-refractivity contribution is 0.102. The number of hydrogen-bond acceptors (Lipinski definition) is 5. The first kappa shape index (κ1) is 17.5. The first-order valence-corrected chi connectivity index (χ1v) is 8.78. The molecule has 4 aromatic rings. The largest absolute Gasteiger partial charge is 0.471 e. The molecule has 2 aromatic carbocycles. The van der Waals surface area contributed by atoms with E-state index in [2.05, 4.69) is 15.6 Å². The van der Waals surface area contributed by atoms with Crippen LogP contribution in [-0.2, 0) is 13.2 Å². The summed E-state index contributed by atoms with van der Waals surface area (Å²) >= 11 is 0. The van der Waals surface area contributed by atoms with Gasteiger partial charge in [-0.05, 0) is 11.1 Å². The zero-order chi connectivity index (χ0) is 19.2. The summed E-state index contributed by atoms with van der Waals surface area (Å²) < 4.78 is 12.3. The molecular weight excluding hydrogens is 356 g/mol. The van der Waals surface area contributed by atoms with Crippen LogP contribution in [0.3, 0.4) is 0 Å². The van der Waals surface area contributed by atoms with Crippen molar-refractivity contribution in [3.05, 3.63) is 95.9 Å². The smallest absolute Gasteiger partial charge is 0.264 e. The standard InChI is InChI=1S/C21H18N4O3/c26-20(22-19-11-12-28-24-19)18-14-25(13-16-7-3-1-4-8-16)23-21(18)27-15-17-9-5-2-6-10-17/h1-12,14H,13,15H2,(H,22,24,26). The third kappa shape index (κ3) is 4.27. The summed E-state index contributed by atoms with van der Waals surface area (Å²) in [7, 11) is 0. The summed E-state index contributed by atoms with van der Waals surface area (Å²) in [5.74, 6) is 0.229. The Hall–Kier alpha value is -3.87. The minimum absolute atomic E-state index is 0.265.